The summed E-state index contributed by atoms with van der Waals surface area (Å²) < 4.78 is 1.89. The summed E-state index contributed by atoms with van der Waals surface area (Å²) in [5.41, 5.74) is 1.22. The quantitative estimate of drug-likeness (QED) is 0.546. The Morgan fingerprint density at radius 3 is 3.21 bits per heavy atom. The summed E-state index contributed by atoms with van der Waals surface area (Å²) in [6.07, 6.45) is 3.76. The average Bonchev–Trinajstić information content (AvgIpc) is 2.58. The molecule has 0 saturated carbocycles. The van der Waals surface area contributed by atoms with E-state index in [1.54, 1.807) is 0 Å². The van der Waals surface area contributed by atoms with E-state index in [2.05, 4.69) is 17.0 Å². The Bertz CT molecular complexity index is 270. The molecule has 0 spiro atoms. The molecule has 14 heavy (non-hydrogen) atoms. The zero-order valence-electron chi connectivity index (χ0n) is 8.57. The Kier molecular flexibility index (Phi) is 5.40. The van der Waals surface area contributed by atoms with Crippen molar-refractivity contribution in [1.29, 1.82) is 0 Å². The number of aromatic nitrogens is 2. The van der Waals surface area contributed by atoms with Crippen molar-refractivity contribution in [2.75, 3.05) is 18.1 Å². The molecule has 0 atom stereocenters. The van der Waals surface area contributed by atoms with E-state index in [1.165, 1.54) is 5.69 Å². The van der Waals surface area contributed by atoms with Gasteiger partial charge < -0.3 is 5.32 Å². The second-order valence-corrected chi connectivity index (χ2v) is 4.14. The number of rotatable bonds is 7. The number of nitrogens with zero attached hydrogens (tertiary/aromatic N) is 2. The van der Waals surface area contributed by atoms with Crippen LogP contribution in [0.15, 0.2) is 24.9 Å². The van der Waals surface area contributed by atoms with Crippen LogP contribution in [0.3, 0.4) is 0 Å². The first-order valence-electron chi connectivity index (χ1n) is 4.71. The van der Waals surface area contributed by atoms with Crippen LogP contribution in [0.5, 0.6) is 0 Å². The van der Waals surface area contributed by atoms with Gasteiger partial charge in [-0.1, -0.05) is 6.08 Å². The third-order valence-electron chi connectivity index (χ3n) is 1.89. The molecular weight excluding hydrogens is 194 g/mol. The van der Waals surface area contributed by atoms with Gasteiger partial charge in [0.15, 0.2) is 0 Å². The average molecular weight is 211 g/mol. The highest BCUT2D eigenvalue weighted by Gasteiger charge is 1.96. The molecule has 0 saturated heterocycles. The fourth-order valence-electron chi connectivity index (χ4n) is 1.10. The van der Waals surface area contributed by atoms with Crippen LogP contribution in [0.1, 0.15) is 5.69 Å². The van der Waals surface area contributed by atoms with Crippen LogP contribution in [-0.2, 0) is 13.6 Å². The summed E-state index contributed by atoms with van der Waals surface area (Å²) in [7, 11) is 1.96. The van der Waals surface area contributed by atoms with E-state index in [9.17, 15) is 0 Å². The maximum absolute atomic E-state index is 4.10. The molecule has 0 bridgehead atoms. The third kappa shape index (κ3) is 3.98. The van der Waals surface area contributed by atoms with Crippen molar-refractivity contribution >= 4 is 11.8 Å². The Labute approximate surface area is 89.6 Å². The minimum Gasteiger partial charge on any atom is -0.310 e. The van der Waals surface area contributed by atoms with Gasteiger partial charge in [-0.05, 0) is 6.07 Å². The third-order valence-corrected chi connectivity index (χ3v) is 2.85. The zero-order chi connectivity index (χ0) is 10.2. The maximum Gasteiger partial charge on any atom is 0.0518 e. The standard InChI is InChI=1S/C10H17N3S/c1-3-7-14-8-6-11-9-10-4-5-12-13(10)2/h3-5,11H,1,6-9H2,2H3. The van der Waals surface area contributed by atoms with Crippen LogP contribution in [-0.4, -0.2) is 27.8 Å². The Morgan fingerprint density at radius 2 is 2.57 bits per heavy atom. The van der Waals surface area contributed by atoms with Crippen molar-refractivity contribution in [2.24, 2.45) is 7.05 Å². The molecule has 0 aliphatic carbocycles. The maximum atomic E-state index is 4.10. The molecule has 0 aromatic carbocycles. The highest BCUT2D eigenvalue weighted by Crippen LogP contribution is 1.98. The van der Waals surface area contributed by atoms with Crippen LogP contribution in [0, 0.1) is 0 Å². The van der Waals surface area contributed by atoms with Gasteiger partial charge in [-0.2, -0.15) is 16.9 Å². The van der Waals surface area contributed by atoms with E-state index in [0.717, 1.165) is 24.6 Å². The van der Waals surface area contributed by atoms with Crippen molar-refractivity contribution in [3.63, 3.8) is 0 Å². The molecule has 0 radical (unpaired) electrons. The van der Waals surface area contributed by atoms with Crippen LogP contribution >= 0.6 is 11.8 Å². The topological polar surface area (TPSA) is 29.9 Å². The monoisotopic (exact) mass is 211 g/mol. The molecule has 78 valence electrons. The first-order valence-corrected chi connectivity index (χ1v) is 5.86. The van der Waals surface area contributed by atoms with E-state index in [1.807, 2.05) is 41.8 Å². The van der Waals surface area contributed by atoms with E-state index < -0.39 is 0 Å². The van der Waals surface area contributed by atoms with Gasteiger partial charge in [0, 0.05) is 37.8 Å². The number of thioether (sulfide) groups is 1. The Morgan fingerprint density at radius 1 is 1.71 bits per heavy atom. The lowest BCUT2D eigenvalue weighted by molar-refractivity contribution is 0.645. The lowest BCUT2D eigenvalue weighted by atomic mass is 10.4. The lowest BCUT2D eigenvalue weighted by Gasteiger charge is -2.04. The Balaban J connectivity index is 2.04. The van der Waals surface area contributed by atoms with Crippen molar-refractivity contribution < 1.29 is 0 Å². The molecule has 1 aromatic rings. The van der Waals surface area contributed by atoms with E-state index in [0.29, 0.717) is 0 Å². The number of hydrogen-bond acceptors (Lipinski definition) is 3. The second-order valence-electron chi connectivity index (χ2n) is 2.99. The molecule has 4 heteroatoms. The van der Waals surface area contributed by atoms with E-state index in [4.69, 9.17) is 0 Å². The molecule has 1 N–H and O–H groups in total. The summed E-state index contributed by atoms with van der Waals surface area (Å²) in [4.78, 5) is 0. The highest BCUT2D eigenvalue weighted by molar-refractivity contribution is 7.99. The molecule has 1 heterocycles. The van der Waals surface area contributed by atoms with Gasteiger partial charge in [-0.25, -0.2) is 0 Å². The minimum atomic E-state index is 0.894. The summed E-state index contributed by atoms with van der Waals surface area (Å²) in [5, 5.41) is 7.47. The van der Waals surface area contributed by atoms with Gasteiger partial charge in [-0.3, -0.25) is 4.68 Å². The second kappa shape index (κ2) is 6.68. The number of nitrogens with one attached hydrogen (secondary N) is 1. The molecule has 3 nitrogen and oxygen atoms in total. The minimum absolute atomic E-state index is 0.894. The zero-order valence-corrected chi connectivity index (χ0v) is 9.39. The highest BCUT2D eigenvalue weighted by atomic mass is 32.2. The lowest BCUT2D eigenvalue weighted by Crippen LogP contribution is -2.18. The summed E-state index contributed by atoms with van der Waals surface area (Å²) in [6.45, 7) is 5.60. The Hall–Kier alpha value is -0.740. The van der Waals surface area contributed by atoms with Crippen LogP contribution in [0.25, 0.3) is 0 Å². The fraction of sp³-hybridized carbons (Fsp3) is 0.500. The van der Waals surface area contributed by atoms with Gasteiger partial charge in [-0.15, -0.1) is 6.58 Å². The van der Waals surface area contributed by atoms with Gasteiger partial charge in [0.05, 0.1) is 5.69 Å². The molecule has 0 aliphatic heterocycles. The smallest absolute Gasteiger partial charge is 0.0518 e. The van der Waals surface area contributed by atoms with Crippen LogP contribution in [0.4, 0.5) is 0 Å². The van der Waals surface area contributed by atoms with Crippen LogP contribution in [0.2, 0.25) is 0 Å². The fourth-order valence-corrected chi connectivity index (χ4v) is 1.72. The van der Waals surface area contributed by atoms with Gasteiger partial charge in [0.1, 0.15) is 0 Å². The van der Waals surface area contributed by atoms with Gasteiger partial charge in [0.2, 0.25) is 0 Å². The normalized spacial score (nSPS) is 10.4. The van der Waals surface area contributed by atoms with E-state index >= 15 is 0 Å². The summed E-state index contributed by atoms with van der Waals surface area (Å²) >= 11 is 1.89. The molecule has 0 amide bonds. The van der Waals surface area contributed by atoms with E-state index in [-0.39, 0.29) is 0 Å². The van der Waals surface area contributed by atoms with Crippen molar-refractivity contribution in [3.8, 4) is 0 Å². The molecule has 0 unspecified atom stereocenters. The van der Waals surface area contributed by atoms with Gasteiger partial charge >= 0.3 is 0 Å². The summed E-state index contributed by atoms with van der Waals surface area (Å²) in [6, 6.07) is 2.03. The molecule has 1 rings (SSSR count). The van der Waals surface area contributed by atoms with Gasteiger partial charge in [0.25, 0.3) is 0 Å². The molecular formula is C10H17N3S. The number of aryl methyl sites for hydroxylation is 1. The first kappa shape index (κ1) is 11.3. The molecule has 0 aliphatic rings. The first-order chi connectivity index (χ1) is 6.84. The summed E-state index contributed by atoms with van der Waals surface area (Å²) in [5.74, 6) is 2.16. The van der Waals surface area contributed by atoms with Crippen molar-refractivity contribution in [3.05, 3.63) is 30.6 Å². The van der Waals surface area contributed by atoms with Crippen molar-refractivity contribution in [2.45, 2.75) is 6.54 Å². The predicted octanol–water partition coefficient (Wildman–Crippen LogP) is 1.43. The molecule has 0 fully saturated rings. The largest absolute Gasteiger partial charge is 0.310 e. The predicted molar refractivity (Wildman–Crippen MR) is 62.4 cm³/mol. The SMILES string of the molecule is C=CCSCCNCc1ccnn1C. The van der Waals surface area contributed by atoms with Crippen molar-refractivity contribution in [1.82, 2.24) is 15.1 Å². The number of hydrogen-bond donors (Lipinski definition) is 1. The van der Waals surface area contributed by atoms with Crippen LogP contribution < -0.4 is 5.32 Å². The molecule has 1 aromatic heterocycles.